The summed E-state index contributed by atoms with van der Waals surface area (Å²) in [5, 5.41) is 11.6. The maximum Gasteiger partial charge on any atom is 0.251 e. The molecule has 4 nitrogen and oxygen atoms in total. The Labute approximate surface area is 99.6 Å². The van der Waals surface area contributed by atoms with E-state index in [4.69, 9.17) is 10.8 Å². The van der Waals surface area contributed by atoms with Crippen molar-refractivity contribution in [3.63, 3.8) is 0 Å². The third-order valence-electron chi connectivity index (χ3n) is 2.76. The molecule has 0 bridgehead atoms. The topological polar surface area (TPSA) is 75.3 Å². The van der Waals surface area contributed by atoms with Gasteiger partial charge in [-0.25, -0.2) is 4.39 Å². The number of aliphatic hydroxyl groups is 1. The minimum atomic E-state index is -0.611. The molecular weight excluding hydrogens is 223 g/mol. The van der Waals surface area contributed by atoms with Gasteiger partial charge in [0.05, 0.1) is 5.69 Å². The molecule has 94 valence electrons. The molecule has 0 fully saturated rings. The lowest BCUT2D eigenvalue weighted by molar-refractivity contribution is 0.0916. The summed E-state index contributed by atoms with van der Waals surface area (Å²) in [5.41, 5.74) is 5.55. The van der Waals surface area contributed by atoms with Gasteiger partial charge < -0.3 is 16.2 Å². The van der Waals surface area contributed by atoms with Crippen molar-refractivity contribution in [1.29, 1.82) is 0 Å². The zero-order valence-corrected chi connectivity index (χ0v) is 9.90. The molecule has 0 aliphatic rings. The monoisotopic (exact) mass is 240 g/mol. The molecule has 1 rings (SSSR count). The van der Waals surface area contributed by atoms with E-state index in [2.05, 4.69) is 5.32 Å². The maximum absolute atomic E-state index is 13.2. The van der Waals surface area contributed by atoms with Gasteiger partial charge >= 0.3 is 0 Å². The molecule has 2 atom stereocenters. The maximum atomic E-state index is 13.2. The van der Waals surface area contributed by atoms with Crippen LogP contribution in [0, 0.1) is 11.7 Å². The van der Waals surface area contributed by atoms with Crippen LogP contribution in [0.5, 0.6) is 0 Å². The average Bonchev–Trinajstić information content (AvgIpc) is 2.31. The fourth-order valence-corrected chi connectivity index (χ4v) is 1.26. The quantitative estimate of drug-likeness (QED) is 0.691. The van der Waals surface area contributed by atoms with E-state index < -0.39 is 5.82 Å². The highest BCUT2D eigenvalue weighted by Crippen LogP contribution is 2.12. The summed E-state index contributed by atoms with van der Waals surface area (Å²) in [5.74, 6) is -1.05. The second-order valence-corrected chi connectivity index (χ2v) is 4.16. The molecule has 0 aliphatic heterocycles. The highest BCUT2D eigenvalue weighted by molar-refractivity contribution is 5.94. The van der Waals surface area contributed by atoms with Crippen molar-refractivity contribution in [3.8, 4) is 0 Å². The Morgan fingerprint density at radius 2 is 2.18 bits per heavy atom. The van der Waals surface area contributed by atoms with Gasteiger partial charge in [-0.3, -0.25) is 4.79 Å². The SMILES string of the molecule is CC(CO)C(C)NC(=O)c1ccc(N)c(F)c1. The minimum absolute atomic E-state index is 0.0123. The van der Waals surface area contributed by atoms with E-state index in [1.54, 1.807) is 6.92 Å². The summed E-state index contributed by atoms with van der Waals surface area (Å²) in [4.78, 5) is 11.7. The molecule has 4 N–H and O–H groups in total. The summed E-state index contributed by atoms with van der Waals surface area (Å²) in [6, 6.07) is 3.73. The molecule has 0 saturated heterocycles. The number of benzene rings is 1. The van der Waals surface area contributed by atoms with E-state index in [0.29, 0.717) is 0 Å². The number of nitrogen functional groups attached to an aromatic ring is 1. The van der Waals surface area contributed by atoms with E-state index in [9.17, 15) is 9.18 Å². The lowest BCUT2D eigenvalue weighted by Gasteiger charge is -2.19. The molecule has 2 unspecified atom stereocenters. The molecule has 0 spiro atoms. The van der Waals surface area contributed by atoms with Crippen molar-refractivity contribution in [3.05, 3.63) is 29.6 Å². The number of carbonyl (C=O) groups is 1. The number of rotatable bonds is 4. The van der Waals surface area contributed by atoms with Crippen LogP contribution in [0.2, 0.25) is 0 Å². The molecule has 1 amide bonds. The van der Waals surface area contributed by atoms with Crippen molar-refractivity contribution in [2.75, 3.05) is 12.3 Å². The first-order valence-electron chi connectivity index (χ1n) is 5.42. The van der Waals surface area contributed by atoms with Crippen LogP contribution in [0.25, 0.3) is 0 Å². The summed E-state index contributed by atoms with van der Waals surface area (Å²) < 4.78 is 13.2. The molecule has 0 radical (unpaired) electrons. The minimum Gasteiger partial charge on any atom is -0.396 e. The number of hydrogen-bond donors (Lipinski definition) is 3. The predicted molar refractivity (Wildman–Crippen MR) is 64.0 cm³/mol. The zero-order chi connectivity index (χ0) is 13.0. The van der Waals surface area contributed by atoms with Gasteiger partial charge in [0.2, 0.25) is 0 Å². The van der Waals surface area contributed by atoms with Crippen LogP contribution in [0.15, 0.2) is 18.2 Å². The van der Waals surface area contributed by atoms with Crippen molar-refractivity contribution in [2.24, 2.45) is 5.92 Å². The first-order valence-corrected chi connectivity index (χ1v) is 5.42. The van der Waals surface area contributed by atoms with Gasteiger partial charge in [0, 0.05) is 18.2 Å². The third kappa shape index (κ3) is 3.42. The molecular formula is C12H17FN2O2. The van der Waals surface area contributed by atoms with E-state index in [0.717, 1.165) is 6.07 Å². The Hall–Kier alpha value is -1.62. The molecule has 5 heteroatoms. The molecule has 17 heavy (non-hydrogen) atoms. The van der Waals surface area contributed by atoms with Crippen molar-refractivity contribution in [1.82, 2.24) is 5.32 Å². The molecule has 0 saturated carbocycles. The summed E-state index contributed by atoms with van der Waals surface area (Å²) >= 11 is 0. The van der Waals surface area contributed by atoms with Gasteiger partial charge in [0.1, 0.15) is 5.82 Å². The molecule has 1 aromatic carbocycles. The Balaban J connectivity index is 2.73. The van der Waals surface area contributed by atoms with E-state index in [-0.39, 0.29) is 35.7 Å². The van der Waals surface area contributed by atoms with Crippen LogP contribution in [-0.2, 0) is 0 Å². The van der Waals surface area contributed by atoms with Crippen LogP contribution in [0.3, 0.4) is 0 Å². The number of halogens is 1. The highest BCUT2D eigenvalue weighted by Gasteiger charge is 2.15. The number of carbonyl (C=O) groups excluding carboxylic acids is 1. The third-order valence-corrected chi connectivity index (χ3v) is 2.76. The normalized spacial score (nSPS) is 14.1. The molecule has 0 aliphatic carbocycles. The number of nitrogens with one attached hydrogen (secondary N) is 1. The second-order valence-electron chi connectivity index (χ2n) is 4.16. The van der Waals surface area contributed by atoms with Crippen molar-refractivity contribution >= 4 is 11.6 Å². The molecule has 0 aromatic heterocycles. The lowest BCUT2D eigenvalue weighted by atomic mass is 10.0. The lowest BCUT2D eigenvalue weighted by Crippen LogP contribution is -2.38. The highest BCUT2D eigenvalue weighted by atomic mass is 19.1. The molecule has 1 aromatic rings. The van der Waals surface area contributed by atoms with Gasteiger partial charge in [-0.15, -0.1) is 0 Å². The fraction of sp³-hybridized carbons (Fsp3) is 0.417. The number of aliphatic hydroxyl groups excluding tert-OH is 1. The fourth-order valence-electron chi connectivity index (χ4n) is 1.26. The van der Waals surface area contributed by atoms with Gasteiger partial charge in [-0.05, 0) is 31.0 Å². The van der Waals surface area contributed by atoms with Gasteiger partial charge in [0.25, 0.3) is 5.91 Å². The van der Waals surface area contributed by atoms with Crippen LogP contribution < -0.4 is 11.1 Å². The Bertz CT molecular complexity index is 409. The first kappa shape index (κ1) is 13.4. The van der Waals surface area contributed by atoms with Crippen molar-refractivity contribution in [2.45, 2.75) is 19.9 Å². The van der Waals surface area contributed by atoms with E-state index >= 15 is 0 Å². The zero-order valence-electron chi connectivity index (χ0n) is 9.90. The van der Waals surface area contributed by atoms with Gasteiger partial charge in [0.15, 0.2) is 0 Å². The van der Waals surface area contributed by atoms with Crippen LogP contribution >= 0.6 is 0 Å². The van der Waals surface area contributed by atoms with Crippen LogP contribution in [-0.4, -0.2) is 23.7 Å². The largest absolute Gasteiger partial charge is 0.396 e. The average molecular weight is 240 g/mol. The number of nitrogens with two attached hydrogens (primary N) is 1. The van der Waals surface area contributed by atoms with E-state index in [1.165, 1.54) is 12.1 Å². The van der Waals surface area contributed by atoms with Crippen LogP contribution in [0.1, 0.15) is 24.2 Å². The standard InChI is InChI=1S/C12H17FN2O2/c1-7(6-16)8(2)15-12(17)9-3-4-11(14)10(13)5-9/h3-5,7-8,16H,6,14H2,1-2H3,(H,15,17). The van der Waals surface area contributed by atoms with Gasteiger partial charge in [-0.2, -0.15) is 0 Å². The Morgan fingerprint density at radius 3 is 2.71 bits per heavy atom. The summed E-state index contributed by atoms with van der Waals surface area (Å²) in [6.45, 7) is 3.58. The van der Waals surface area contributed by atoms with E-state index in [1.807, 2.05) is 6.92 Å². The van der Waals surface area contributed by atoms with Crippen molar-refractivity contribution < 1.29 is 14.3 Å². The number of hydrogen-bond acceptors (Lipinski definition) is 3. The van der Waals surface area contributed by atoms with Gasteiger partial charge in [-0.1, -0.05) is 6.92 Å². The number of amides is 1. The smallest absolute Gasteiger partial charge is 0.251 e. The summed E-state index contributed by atoms with van der Waals surface area (Å²) in [6.07, 6.45) is 0. The second kappa shape index (κ2) is 5.63. The summed E-state index contributed by atoms with van der Waals surface area (Å²) in [7, 11) is 0. The predicted octanol–water partition coefficient (Wildman–Crippen LogP) is 1.15. The number of anilines is 1. The Kier molecular flexibility index (Phi) is 4.45. The molecule has 0 heterocycles. The first-order chi connectivity index (χ1) is 7.95. The van der Waals surface area contributed by atoms with Crippen LogP contribution in [0.4, 0.5) is 10.1 Å². The Morgan fingerprint density at radius 1 is 1.53 bits per heavy atom.